The minimum absolute atomic E-state index is 0.00477. The number of hydrogen-bond acceptors (Lipinski definition) is 8. The Balaban J connectivity index is 1.43. The van der Waals surface area contributed by atoms with E-state index < -0.39 is 11.4 Å². The number of anilines is 1. The lowest BCUT2D eigenvalue weighted by Crippen LogP contribution is -2.59. The second kappa shape index (κ2) is 10.5. The molecule has 0 unspecified atom stereocenters. The van der Waals surface area contributed by atoms with Crippen LogP contribution in [0.4, 0.5) is 14.9 Å². The van der Waals surface area contributed by atoms with Gasteiger partial charge in [-0.05, 0) is 58.9 Å². The molecule has 1 fully saturated rings. The molecule has 2 aromatic heterocycles. The largest absolute Gasteiger partial charge is 0.464 e. The molecule has 212 valence electrons. The highest BCUT2D eigenvalue weighted by molar-refractivity contribution is 5.89. The predicted octanol–water partition coefficient (Wildman–Crippen LogP) is 5.14. The van der Waals surface area contributed by atoms with Gasteiger partial charge in [-0.1, -0.05) is 0 Å². The molecule has 2 aromatic carbocycles. The third-order valence-corrected chi connectivity index (χ3v) is 6.82. The summed E-state index contributed by atoms with van der Waals surface area (Å²) in [5, 5.41) is 5.67. The number of carbonyl (C=O) groups is 1. The van der Waals surface area contributed by atoms with Crippen molar-refractivity contribution < 1.29 is 23.4 Å². The highest BCUT2D eigenvalue weighted by atomic mass is 19.1. The van der Waals surface area contributed by atoms with Crippen LogP contribution in [-0.4, -0.2) is 75.4 Å². The fraction of sp³-hybridized carbons (Fsp3) is 0.448. The molecule has 0 saturated carbocycles. The van der Waals surface area contributed by atoms with Crippen LogP contribution < -0.4 is 9.64 Å². The van der Waals surface area contributed by atoms with Gasteiger partial charge in [-0.15, -0.1) is 0 Å². The van der Waals surface area contributed by atoms with Crippen LogP contribution in [0.1, 0.15) is 34.6 Å². The van der Waals surface area contributed by atoms with Crippen molar-refractivity contribution in [2.24, 2.45) is 7.05 Å². The summed E-state index contributed by atoms with van der Waals surface area (Å²) in [6.45, 7) is 10.9. The maximum atomic E-state index is 15.4. The first-order valence-electron chi connectivity index (χ1n) is 13.3. The number of nitrogens with zero attached hydrogens (tertiary/aromatic N) is 6. The van der Waals surface area contributed by atoms with Gasteiger partial charge in [0.2, 0.25) is 0 Å². The second-order valence-electron chi connectivity index (χ2n) is 11.3. The summed E-state index contributed by atoms with van der Waals surface area (Å²) < 4.78 is 33.2. The third-order valence-electron chi connectivity index (χ3n) is 6.82. The lowest BCUT2D eigenvalue weighted by atomic mass is 10.1. The molecule has 10 nitrogen and oxygen atoms in total. The zero-order chi connectivity index (χ0) is 28.8. The van der Waals surface area contributed by atoms with Crippen molar-refractivity contribution in [3.63, 3.8) is 0 Å². The first-order valence-corrected chi connectivity index (χ1v) is 13.3. The molecule has 1 saturated heterocycles. The van der Waals surface area contributed by atoms with E-state index in [1.807, 2.05) is 57.7 Å². The van der Waals surface area contributed by atoms with E-state index in [9.17, 15) is 4.79 Å². The molecule has 11 heteroatoms. The molecule has 5 rings (SSSR count). The molecule has 2 atom stereocenters. The van der Waals surface area contributed by atoms with Crippen molar-refractivity contribution in [3.8, 4) is 17.1 Å². The maximum Gasteiger partial charge on any atom is 0.410 e. The van der Waals surface area contributed by atoms with Crippen LogP contribution in [0.3, 0.4) is 0 Å². The number of ether oxygens (including phenoxy) is 3. The molecule has 0 aliphatic carbocycles. The molecule has 1 aliphatic rings. The van der Waals surface area contributed by atoms with Crippen molar-refractivity contribution in [1.82, 2.24) is 24.6 Å². The Morgan fingerprint density at radius 2 is 1.85 bits per heavy atom. The Kier molecular flexibility index (Phi) is 7.26. The van der Waals surface area contributed by atoms with Gasteiger partial charge in [-0.3, -0.25) is 9.58 Å². The van der Waals surface area contributed by atoms with Crippen molar-refractivity contribution in [1.29, 1.82) is 0 Å². The lowest BCUT2D eigenvalue weighted by molar-refractivity contribution is 0.00566. The Labute approximate surface area is 232 Å². The van der Waals surface area contributed by atoms with Gasteiger partial charge >= 0.3 is 6.09 Å². The summed E-state index contributed by atoms with van der Waals surface area (Å²) in [5.74, 6) is -0.253. The number of aryl methyl sites for hydroxylation is 1. The van der Waals surface area contributed by atoms with E-state index in [2.05, 4.69) is 15.0 Å². The molecular formula is C29H35FN6O4. The van der Waals surface area contributed by atoms with Crippen LogP contribution in [0.15, 0.2) is 36.7 Å². The summed E-state index contributed by atoms with van der Waals surface area (Å²) in [5.41, 5.74) is 1.81. The molecule has 0 N–H and O–H groups in total. The van der Waals surface area contributed by atoms with Gasteiger partial charge in [0.15, 0.2) is 24.2 Å². The number of piperazine rings is 1. The van der Waals surface area contributed by atoms with E-state index in [0.29, 0.717) is 35.4 Å². The molecule has 0 bridgehead atoms. The topological polar surface area (TPSA) is 94.8 Å². The zero-order valence-corrected chi connectivity index (χ0v) is 23.9. The summed E-state index contributed by atoms with van der Waals surface area (Å²) in [7, 11) is 3.21. The molecule has 4 aromatic rings. The monoisotopic (exact) mass is 550 g/mol. The van der Waals surface area contributed by atoms with Crippen LogP contribution in [0.2, 0.25) is 0 Å². The van der Waals surface area contributed by atoms with Gasteiger partial charge in [0, 0.05) is 56.1 Å². The summed E-state index contributed by atoms with van der Waals surface area (Å²) in [6.07, 6.45) is 3.18. The lowest BCUT2D eigenvalue weighted by Gasteiger charge is -2.45. The molecule has 0 spiro atoms. The van der Waals surface area contributed by atoms with Crippen molar-refractivity contribution in [2.75, 3.05) is 31.9 Å². The molecular weight excluding hydrogens is 515 g/mol. The van der Waals surface area contributed by atoms with Crippen LogP contribution in [0, 0.1) is 5.82 Å². The average molecular weight is 551 g/mol. The van der Waals surface area contributed by atoms with Gasteiger partial charge in [0.05, 0.1) is 23.2 Å². The molecule has 3 heterocycles. The van der Waals surface area contributed by atoms with Gasteiger partial charge in [0.1, 0.15) is 11.1 Å². The van der Waals surface area contributed by atoms with Gasteiger partial charge in [0.25, 0.3) is 0 Å². The highest BCUT2D eigenvalue weighted by Gasteiger charge is 2.35. The zero-order valence-electron chi connectivity index (χ0n) is 23.9. The fourth-order valence-corrected chi connectivity index (χ4v) is 5.21. The normalized spacial score (nSPS) is 18.0. The summed E-state index contributed by atoms with van der Waals surface area (Å²) in [4.78, 5) is 26.2. The number of methoxy groups -OCH3 is 1. The third kappa shape index (κ3) is 5.38. The average Bonchev–Trinajstić information content (AvgIpc) is 3.26. The number of aromatic nitrogens is 4. The summed E-state index contributed by atoms with van der Waals surface area (Å²) >= 11 is 0. The minimum Gasteiger partial charge on any atom is -0.464 e. The molecule has 0 radical (unpaired) electrons. The van der Waals surface area contributed by atoms with Gasteiger partial charge < -0.3 is 19.1 Å². The Hall–Kier alpha value is -3.99. The standard InChI is InChI=1S/C29H35FN6O4/c1-17-13-35(14-18(2)36(17)28(37)40-29(3,4)5)21-8-9-23-19(10-21)12-31-27(32-23)22-11-20-15-34(6)33-25(20)24(30)26(22)39-16-38-7/h8-12,15,17-18H,13-14,16H2,1-7H3/t17-,18+. The fourth-order valence-electron chi connectivity index (χ4n) is 5.21. The number of halogens is 1. The number of carbonyl (C=O) groups excluding carboxylic acids is 1. The first-order chi connectivity index (χ1) is 18.9. The Morgan fingerprint density at radius 1 is 1.12 bits per heavy atom. The van der Waals surface area contributed by atoms with Crippen molar-refractivity contribution in [2.45, 2.75) is 52.3 Å². The van der Waals surface area contributed by atoms with E-state index in [1.165, 1.54) is 7.11 Å². The van der Waals surface area contributed by atoms with Crippen molar-refractivity contribution >= 4 is 33.6 Å². The van der Waals surface area contributed by atoms with Crippen LogP contribution in [0.5, 0.6) is 5.75 Å². The van der Waals surface area contributed by atoms with Crippen LogP contribution in [0.25, 0.3) is 33.2 Å². The maximum absolute atomic E-state index is 15.4. The number of fused-ring (bicyclic) bond motifs is 2. The van der Waals surface area contributed by atoms with Gasteiger partial charge in [-0.2, -0.15) is 5.10 Å². The predicted molar refractivity (Wildman–Crippen MR) is 151 cm³/mol. The highest BCUT2D eigenvalue weighted by Crippen LogP contribution is 2.36. The smallest absolute Gasteiger partial charge is 0.410 e. The van der Waals surface area contributed by atoms with Crippen molar-refractivity contribution in [3.05, 3.63) is 42.5 Å². The second-order valence-corrected chi connectivity index (χ2v) is 11.3. The Bertz CT molecular complexity index is 1550. The number of rotatable bonds is 5. The minimum atomic E-state index is -0.585. The molecule has 40 heavy (non-hydrogen) atoms. The quantitative estimate of drug-likeness (QED) is 0.315. The van der Waals surface area contributed by atoms with E-state index in [4.69, 9.17) is 19.2 Å². The van der Waals surface area contributed by atoms with Crippen LogP contribution >= 0.6 is 0 Å². The SMILES string of the molecule is COCOc1c(-c2ncc3cc(N4C[C@@H](C)N(C(=O)OC(C)(C)C)[C@@H](C)C4)ccc3n2)cc2cn(C)nc2c1F. The number of amides is 1. The van der Waals surface area contributed by atoms with E-state index in [0.717, 1.165) is 11.1 Å². The van der Waals surface area contributed by atoms with E-state index in [-0.39, 0.29) is 36.2 Å². The van der Waals surface area contributed by atoms with Gasteiger partial charge in [-0.25, -0.2) is 19.2 Å². The van der Waals surface area contributed by atoms with Crippen LogP contribution in [-0.2, 0) is 16.5 Å². The Morgan fingerprint density at radius 3 is 2.52 bits per heavy atom. The number of benzene rings is 2. The van der Waals surface area contributed by atoms with E-state index >= 15 is 4.39 Å². The first kappa shape index (κ1) is 27.6. The summed E-state index contributed by atoms with van der Waals surface area (Å²) in [6, 6.07) is 7.69. The molecule has 1 aliphatic heterocycles. The number of hydrogen-bond donors (Lipinski definition) is 0. The molecule has 1 amide bonds. The van der Waals surface area contributed by atoms with E-state index in [1.54, 1.807) is 30.2 Å².